The number of aryl methyl sites for hydroxylation is 1. The topological polar surface area (TPSA) is 75.1 Å². The molecule has 21 heavy (non-hydrogen) atoms. The van der Waals surface area contributed by atoms with E-state index in [0.717, 1.165) is 22.0 Å². The van der Waals surface area contributed by atoms with Crippen LogP contribution in [-0.2, 0) is 18.3 Å². The summed E-state index contributed by atoms with van der Waals surface area (Å²) in [4.78, 5) is 15.0. The van der Waals surface area contributed by atoms with Gasteiger partial charge in [-0.25, -0.2) is 5.43 Å². The van der Waals surface area contributed by atoms with Crippen LogP contribution in [0.25, 0.3) is 10.9 Å². The summed E-state index contributed by atoms with van der Waals surface area (Å²) in [6, 6.07) is 7.89. The Kier molecular flexibility index (Phi) is 3.51. The number of hydrazone groups is 1. The first kappa shape index (κ1) is 13.1. The van der Waals surface area contributed by atoms with E-state index in [9.17, 15) is 4.79 Å². The Labute approximate surface area is 121 Å². The van der Waals surface area contributed by atoms with Crippen molar-refractivity contribution in [1.29, 1.82) is 0 Å². The first-order chi connectivity index (χ1) is 10.2. The largest absolute Gasteiger partial charge is 0.361 e. The number of amides is 1. The maximum atomic E-state index is 11.9. The van der Waals surface area contributed by atoms with Crippen LogP contribution in [-0.4, -0.2) is 26.9 Å². The molecule has 0 aliphatic carbocycles. The predicted octanol–water partition coefficient (Wildman–Crippen LogP) is 1.59. The van der Waals surface area contributed by atoms with E-state index in [4.69, 9.17) is 0 Å². The van der Waals surface area contributed by atoms with Gasteiger partial charge >= 0.3 is 0 Å². The molecular formula is C15H15N5O. The summed E-state index contributed by atoms with van der Waals surface area (Å²) >= 11 is 0. The van der Waals surface area contributed by atoms with E-state index in [2.05, 4.69) is 20.6 Å². The van der Waals surface area contributed by atoms with E-state index in [1.165, 1.54) is 0 Å². The lowest BCUT2D eigenvalue weighted by molar-refractivity contribution is -0.120. The van der Waals surface area contributed by atoms with E-state index in [0.29, 0.717) is 0 Å². The highest BCUT2D eigenvalue weighted by molar-refractivity contribution is 5.89. The normalized spacial score (nSPS) is 11.3. The van der Waals surface area contributed by atoms with Gasteiger partial charge in [0.15, 0.2) is 0 Å². The minimum absolute atomic E-state index is 0.153. The molecule has 2 N–H and O–H groups in total. The average molecular weight is 281 g/mol. The highest BCUT2D eigenvalue weighted by atomic mass is 16.2. The molecule has 2 aromatic heterocycles. The zero-order valence-electron chi connectivity index (χ0n) is 11.6. The molecule has 0 unspecified atom stereocenters. The molecule has 0 saturated carbocycles. The lowest BCUT2D eigenvalue weighted by atomic mass is 10.1. The smallest absolute Gasteiger partial charge is 0.244 e. The number of hydrogen-bond acceptors (Lipinski definition) is 3. The van der Waals surface area contributed by atoms with Crippen molar-refractivity contribution in [3.05, 3.63) is 54.0 Å². The maximum absolute atomic E-state index is 11.9. The van der Waals surface area contributed by atoms with Crippen molar-refractivity contribution in [3.8, 4) is 0 Å². The molecule has 3 rings (SSSR count). The highest BCUT2D eigenvalue weighted by Crippen LogP contribution is 2.17. The summed E-state index contributed by atoms with van der Waals surface area (Å²) in [5.41, 5.74) is 5.35. The maximum Gasteiger partial charge on any atom is 0.244 e. The molecule has 106 valence electrons. The average Bonchev–Trinajstić information content (AvgIpc) is 3.06. The van der Waals surface area contributed by atoms with Crippen LogP contribution in [0.3, 0.4) is 0 Å². The number of H-pyrrole nitrogens is 1. The molecule has 2 heterocycles. The van der Waals surface area contributed by atoms with Crippen LogP contribution in [0, 0.1) is 0 Å². The Morgan fingerprint density at radius 1 is 1.48 bits per heavy atom. The lowest BCUT2D eigenvalue weighted by Gasteiger charge is -1.98. The van der Waals surface area contributed by atoms with Gasteiger partial charge in [-0.1, -0.05) is 18.2 Å². The van der Waals surface area contributed by atoms with Crippen molar-refractivity contribution in [2.24, 2.45) is 12.1 Å². The number of hydrogen-bond donors (Lipinski definition) is 2. The predicted molar refractivity (Wildman–Crippen MR) is 80.9 cm³/mol. The summed E-state index contributed by atoms with van der Waals surface area (Å²) in [5, 5.41) is 9.00. The third kappa shape index (κ3) is 3.00. The third-order valence-electron chi connectivity index (χ3n) is 3.15. The summed E-state index contributed by atoms with van der Waals surface area (Å²) in [5.74, 6) is -0.153. The fraction of sp³-hybridized carbons (Fsp3) is 0.133. The number of carbonyl (C=O) groups excluding carboxylic acids is 1. The minimum Gasteiger partial charge on any atom is -0.361 e. The van der Waals surface area contributed by atoms with Crippen LogP contribution >= 0.6 is 0 Å². The quantitative estimate of drug-likeness (QED) is 0.563. The number of benzene rings is 1. The monoisotopic (exact) mass is 281 g/mol. The molecule has 6 nitrogen and oxygen atoms in total. The molecule has 1 aromatic carbocycles. The van der Waals surface area contributed by atoms with Crippen molar-refractivity contribution in [2.75, 3.05) is 0 Å². The van der Waals surface area contributed by atoms with Crippen LogP contribution in [0.5, 0.6) is 0 Å². The number of para-hydroxylation sites is 1. The SMILES string of the molecule is Cn1cc(C=NNC(=O)Cc2c[nH]c3ccccc23)cn1. The molecule has 0 bridgehead atoms. The number of nitrogens with zero attached hydrogens (tertiary/aromatic N) is 3. The van der Waals surface area contributed by atoms with Crippen LogP contribution in [0.1, 0.15) is 11.1 Å². The molecule has 0 aliphatic heterocycles. The van der Waals surface area contributed by atoms with Gasteiger partial charge in [0.25, 0.3) is 0 Å². The Hall–Kier alpha value is -2.89. The van der Waals surface area contributed by atoms with E-state index < -0.39 is 0 Å². The first-order valence-corrected chi connectivity index (χ1v) is 6.58. The van der Waals surface area contributed by atoms with Gasteiger partial charge < -0.3 is 4.98 Å². The Morgan fingerprint density at radius 3 is 3.14 bits per heavy atom. The van der Waals surface area contributed by atoms with Crippen LogP contribution in [0.15, 0.2) is 48.0 Å². The molecule has 0 fully saturated rings. The van der Waals surface area contributed by atoms with Crippen molar-refractivity contribution in [1.82, 2.24) is 20.2 Å². The van der Waals surface area contributed by atoms with Crippen LogP contribution < -0.4 is 5.43 Å². The second kappa shape index (κ2) is 5.62. The van der Waals surface area contributed by atoms with Gasteiger partial charge in [0.2, 0.25) is 5.91 Å². The number of nitrogens with one attached hydrogen (secondary N) is 2. The minimum atomic E-state index is -0.153. The molecule has 0 spiro atoms. The van der Waals surface area contributed by atoms with Gasteiger partial charge in [0.05, 0.1) is 18.8 Å². The lowest BCUT2D eigenvalue weighted by Crippen LogP contribution is -2.19. The fourth-order valence-electron chi connectivity index (χ4n) is 2.18. The molecule has 6 heteroatoms. The van der Waals surface area contributed by atoms with Crippen molar-refractivity contribution < 1.29 is 4.79 Å². The Morgan fingerprint density at radius 2 is 2.33 bits per heavy atom. The summed E-state index contributed by atoms with van der Waals surface area (Å²) in [6.07, 6.45) is 7.20. The zero-order chi connectivity index (χ0) is 14.7. The number of aromatic amines is 1. The molecule has 0 atom stereocenters. The molecule has 3 aromatic rings. The van der Waals surface area contributed by atoms with E-state index in [1.807, 2.05) is 43.7 Å². The molecule has 1 amide bonds. The Bertz CT molecular complexity index is 799. The number of rotatable bonds is 4. The van der Waals surface area contributed by atoms with Gasteiger partial charge in [-0.05, 0) is 11.6 Å². The standard InChI is InChI=1S/C15H15N5O/c1-20-10-11(8-18-20)7-17-19-15(21)6-12-9-16-14-5-3-2-4-13(12)14/h2-5,7-10,16H,6H2,1H3,(H,19,21). The second-order valence-electron chi connectivity index (χ2n) is 4.78. The number of aromatic nitrogens is 3. The van der Waals surface area contributed by atoms with Gasteiger partial charge in [-0.3, -0.25) is 9.48 Å². The van der Waals surface area contributed by atoms with Crippen molar-refractivity contribution >= 4 is 23.0 Å². The van der Waals surface area contributed by atoms with E-state index >= 15 is 0 Å². The summed E-state index contributed by atoms with van der Waals surface area (Å²) in [7, 11) is 1.83. The number of fused-ring (bicyclic) bond motifs is 1. The summed E-state index contributed by atoms with van der Waals surface area (Å²) in [6.45, 7) is 0. The first-order valence-electron chi connectivity index (χ1n) is 6.58. The van der Waals surface area contributed by atoms with E-state index in [1.54, 1.807) is 17.1 Å². The third-order valence-corrected chi connectivity index (χ3v) is 3.15. The van der Waals surface area contributed by atoms with Crippen molar-refractivity contribution in [3.63, 3.8) is 0 Å². The highest BCUT2D eigenvalue weighted by Gasteiger charge is 2.07. The van der Waals surface area contributed by atoms with Gasteiger partial charge in [0, 0.05) is 35.9 Å². The molecule has 0 radical (unpaired) electrons. The summed E-state index contributed by atoms with van der Waals surface area (Å²) < 4.78 is 1.68. The molecule has 0 aliphatic rings. The second-order valence-corrected chi connectivity index (χ2v) is 4.78. The zero-order valence-corrected chi connectivity index (χ0v) is 11.6. The van der Waals surface area contributed by atoms with Crippen LogP contribution in [0.2, 0.25) is 0 Å². The number of carbonyl (C=O) groups is 1. The van der Waals surface area contributed by atoms with Gasteiger partial charge in [0.1, 0.15) is 0 Å². The Balaban J connectivity index is 1.63. The van der Waals surface area contributed by atoms with E-state index in [-0.39, 0.29) is 12.3 Å². The van der Waals surface area contributed by atoms with Crippen LogP contribution in [0.4, 0.5) is 0 Å². The fourth-order valence-corrected chi connectivity index (χ4v) is 2.18. The molecule has 0 saturated heterocycles. The molecular weight excluding hydrogens is 266 g/mol. The van der Waals surface area contributed by atoms with Gasteiger partial charge in [-0.15, -0.1) is 0 Å². The van der Waals surface area contributed by atoms with Gasteiger partial charge in [-0.2, -0.15) is 10.2 Å². The van der Waals surface area contributed by atoms with Crippen molar-refractivity contribution in [2.45, 2.75) is 6.42 Å².